The Labute approximate surface area is 85.3 Å². The predicted molar refractivity (Wildman–Crippen MR) is 51.1 cm³/mol. The molecule has 0 amide bonds. The van der Waals surface area contributed by atoms with Gasteiger partial charge in [-0.25, -0.2) is 0 Å². The van der Waals surface area contributed by atoms with Crippen LogP contribution in [0.3, 0.4) is 0 Å². The zero-order chi connectivity index (χ0) is 11.0. The largest absolute Gasteiger partial charge is 0.545 e. The fourth-order valence-electron chi connectivity index (χ4n) is 1.58. The minimum Gasteiger partial charge on any atom is -0.545 e. The van der Waals surface area contributed by atoms with Crippen LogP contribution >= 0.6 is 0 Å². The van der Waals surface area contributed by atoms with E-state index in [9.17, 15) is 9.90 Å². The highest BCUT2D eigenvalue weighted by atomic mass is 16.4. The van der Waals surface area contributed by atoms with E-state index in [1.165, 1.54) is 0 Å². The second kappa shape index (κ2) is 3.24. The molecule has 0 saturated carbocycles. The molecule has 1 aromatic heterocycles. The van der Waals surface area contributed by atoms with Gasteiger partial charge in [0.25, 0.3) is 0 Å². The number of nitrogens with one attached hydrogen (secondary N) is 1. The zero-order valence-corrected chi connectivity index (χ0v) is 8.03. The van der Waals surface area contributed by atoms with Gasteiger partial charge in [-0.3, -0.25) is 5.41 Å². The molecule has 2 rings (SSSR count). The maximum Gasteiger partial charge on any atom is 0.221 e. The summed E-state index contributed by atoms with van der Waals surface area (Å²) in [5, 5.41) is 18.9. The number of benzene rings is 1. The first-order chi connectivity index (χ1) is 7.11. The van der Waals surface area contributed by atoms with Crippen molar-refractivity contribution in [3.63, 3.8) is 0 Å². The van der Waals surface area contributed by atoms with Crippen LogP contribution in [0.2, 0.25) is 0 Å². The van der Waals surface area contributed by atoms with Gasteiger partial charge in [-0.2, -0.15) is 0 Å². The van der Waals surface area contributed by atoms with Crippen molar-refractivity contribution >= 4 is 16.9 Å². The number of carbonyl (C=O) groups excluding carboxylic acids is 1. The quantitative estimate of drug-likeness (QED) is 0.734. The number of carboxylic acids is 1. The molecule has 1 heterocycles. The lowest BCUT2D eigenvalue weighted by molar-refractivity contribution is -0.255. The van der Waals surface area contributed by atoms with Gasteiger partial charge < -0.3 is 14.3 Å². The zero-order valence-electron chi connectivity index (χ0n) is 8.03. The number of carbonyl (C=O) groups is 1. The number of carboxylic acid groups (broad SMARTS) is 1. The summed E-state index contributed by atoms with van der Waals surface area (Å²) >= 11 is 0. The molecule has 2 aromatic rings. The third-order valence-corrected chi connectivity index (χ3v) is 2.31. The number of aromatic carboxylic acids is 1. The van der Waals surface area contributed by atoms with Crippen molar-refractivity contribution in [3.05, 3.63) is 40.9 Å². The third-order valence-electron chi connectivity index (χ3n) is 2.31. The summed E-state index contributed by atoms with van der Waals surface area (Å²) in [5.74, 6) is -1.38. The molecule has 76 valence electrons. The summed E-state index contributed by atoms with van der Waals surface area (Å²) < 4.78 is 5.08. The van der Waals surface area contributed by atoms with Crippen LogP contribution in [-0.4, -0.2) is 5.97 Å². The van der Waals surface area contributed by atoms with Gasteiger partial charge in [0, 0.05) is 5.39 Å². The number of hydrogen-bond donors (Lipinski definition) is 1. The van der Waals surface area contributed by atoms with Gasteiger partial charge in [0.15, 0.2) is 0 Å². The molecular weight excluding hydrogens is 194 g/mol. The Bertz CT molecular complexity index is 598. The van der Waals surface area contributed by atoms with Crippen LogP contribution in [0, 0.1) is 12.3 Å². The van der Waals surface area contributed by atoms with Crippen LogP contribution < -0.4 is 10.7 Å². The van der Waals surface area contributed by atoms with Crippen molar-refractivity contribution < 1.29 is 14.3 Å². The van der Waals surface area contributed by atoms with Crippen molar-refractivity contribution in [2.75, 3.05) is 0 Å². The summed E-state index contributed by atoms with van der Waals surface area (Å²) in [7, 11) is 0. The minimum atomic E-state index is -1.38. The van der Waals surface area contributed by atoms with Crippen molar-refractivity contribution in [3.8, 4) is 0 Å². The Kier molecular flexibility index (Phi) is 2.04. The summed E-state index contributed by atoms with van der Waals surface area (Å²) in [6.07, 6.45) is 0. The monoisotopic (exact) mass is 202 g/mol. The van der Waals surface area contributed by atoms with Crippen LogP contribution in [0.25, 0.3) is 11.0 Å². The van der Waals surface area contributed by atoms with Gasteiger partial charge in [-0.05, 0) is 18.6 Å². The van der Waals surface area contributed by atoms with Crippen LogP contribution in [0.4, 0.5) is 0 Å². The molecule has 1 aromatic carbocycles. The normalized spacial score (nSPS) is 10.5. The fraction of sp³-hybridized carbons (Fsp3) is 0.0909. The van der Waals surface area contributed by atoms with E-state index >= 15 is 0 Å². The van der Waals surface area contributed by atoms with E-state index in [1.54, 1.807) is 31.2 Å². The van der Waals surface area contributed by atoms with Crippen LogP contribution in [0.15, 0.2) is 28.7 Å². The molecule has 0 aliphatic heterocycles. The number of rotatable bonds is 1. The maximum atomic E-state index is 10.8. The van der Waals surface area contributed by atoms with Gasteiger partial charge in [-0.1, -0.05) is 18.2 Å². The Hall–Kier alpha value is -2.10. The van der Waals surface area contributed by atoms with Crippen LogP contribution in [0.1, 0.15) is 15.9 Å². The average molecular weight is 202 g/mol. The van der Waals surface area contributed by atoms with Crippen molar-refractivity contribution in [1.82, 2.24) is 0 Å². The fourth-order valence-corrected chi connectivity index (χ4v) is 1.58. The van der Waals surface area contributed by atoms with Gasteiger partial charge in [0.1, 0.15) is 5.58 Å². The molecule has 0 spiro atoms. The molecule has 0 bridgehead atoms. The molecule has 0 aliphatic rings. The highest BCUT2D eigenvalue weighted by Crippen LogP contribution is 2.18. The Morgan fingerprint density at radius 2 is 2.07 bits per heavy atom. The smallest absolute Gasteiger partial charge is 0.221 e. The predicted octanol–water partition coefficient (Wildman–Crippen LogP) is 0.584. The standard InChI is InChI=1S/C11H9NO3/c1-6-7-4-2-3-5-8(7)15-10(12)9(6)11(13)14/h2-5,12H,1H3,(H,13,14)/p-1. The first-order valence-corrected chi connectivity index (χ1v) is 4.39. The number of para-hydroxylation sites is 1. The SMILES string of the molecule is Cc1c(C(=O)[O-])c(=N)oc2ccccc12. The number of fused-ring (bicyclic) bond motifs is 1. The van der Waals surface area contributed by atoms with Crippen molar-refractivity contribution in [1.29, 1.82) is 5.41 Å². The molecule has 4 nitrogen and oxygen atoms in total. The van der Waals surface area contributed by atoms with Gasteiger partial charge in [0.05, 0.1) is 11.5 Å². The summed E-state index contributed by atoms with van der Waals surface area (Å²) in [6, 6.07) is 7.00. The molecule has 0 atom stereocenters. The average Bonchev–Trinajstić information content (AvgIpc) is 2.17. The number of aryl methyl sites for hydroxylation is 1. The minimum absolute atomic E-state index is 0.186. The lowest BCUT2D eigenvalue weighted by atomic mass is 10.1. The summed E-state index contributed by atoms with van der Waals surface area (Å²) in [5.41, 5.74) is 0.451. The molecule has 4 heteroatoms. The highest BCUT2D eigenvalue weighted by molar-refractivity contribution is 5.93. The Balaban J connectivity index is 2.97. The van der Waals surface area contributed by atoms with Gasteiger partial charge in [-0.15, -0.1) is 0 Å². The van der Waals surface area contributed by atoms with Crippen LogP contribution in [0.5, 0.6) is 0 Å². The van der Waals surface area contributed by atoms with E-state index < -0.39 is 5.97 Å². The summed E-state index contributed by atoms with van der Waals surface area (Å²) in [4.78, 5) is 10.8. The van der Waals surface area contributed by atoms with E-state index in [-0.39, 0.29) is 11.1 Å². The van der Waals surface area contributed by atoms with Gasteiger partial charge in [0.2, 0.25) is 5.55 Å². The Morgan fingerprint density at radius 1 is 1.40 bits per heavy atom. The highest BCUT2D eigenvalue weighted by Gasteiger charge is 2.08. The van der Waals surface area contributed by atoms with Crippen LogP contribution in [-0.2, 0) is 0 Å². The third kappa shape index (κ3) is 1.40. The van der Waals surface area contributed by atoms with Gasteiger partial charge >= 0.3 is 0 Å². The van der Waals surface area contributed by atoms with E-state index in [4.69, 9.17) is 9.83 Å². The molecule has 0 saturated heterocycles. The lowest BCUT2D eigenvalue weighted by Crippen LogP contribution is -2.29. The molecule has 15 heavy (non-hydrogen) atoms. The first-order valence-electron chi connectivity index (χ1n) is 4.39. The molecular formula is C11H8NO3-. The molecule has 1 N–H and O–H groups in total. The molecule has 0 unspecified atom stereocenters. The number of hydrogen-bond acceptors (Lipinski definition) is 4. The molecule has 0 fully saturated rings. The second-order valence-electron chi connectivity index (χ2n) is 3.21. The topological polar surface area (TPSA) is 77.1 Å². The van der Waals surface area contributed by atoms with E-state index in [1.807, 2.05) is 0 Å². The molecule has 0 aliphatic carbocycles. The van der Waals surface area contributed by atoms with E-state index in [0.29, 0.717) is 16.5 Å². The Morgan fingerprint density at radius 3 is 2.73 bits per heavy atom. The first kappa shape index (κ1) is 9.45. The van der Waals surface area contributed by atoms with E-state index in [2.05, 4.69) is 0 Å². The lowest BCUT2D eigenvalue weighted by Gasteiger charge is -2.08. The van der Waals surface area contributed by atoms with Crippen molar-refractivity contribution in [2.45, 2.75) is 6.92 Å². The van der Waals surface area contributed by atoms with E-state index in [0.717, 1.165) is 0 Å². The van der Waals surface area contributed by atoms with Crippen molar-refractivity contribution in [2.24, 2.45) is 0 Å². The molecule has 0 radical (unpaired) electrons. The summed E-state index contributed by atoms with van der Waals surface area (Å²) in [6.45, 7) is 1.64. The maximum absolute atomic E-state index is 10.8. The second-order valence-corrected chi connectivity index (χ2v) is 3.21.